The van der Waals surface area contributed by atoms with Crippen LogP contribution in [0.4, 0.5) is 5.69 Å². The van der Waals surface area contributed by atoms with Crippen LogP contribution in [-0.2, 0) is 6.61 Å². The Labute approximate surface area is 161 Å². The van der Waals surface area contributed by atoms with E-state index in [9.17, 15) is 4.79 Å². The summed E-state index contributed by atoms with van der Waals surface area (Å²) in [6, 6.07) is 17.8. The van der Waals surface area contributed by atoms with Gasteiger partial charge in [-0.1, -0.05) is 12.1 Å². The molecule has 0 aliphatic rings. The van der Waals surface area contributed by atoms with Crippen LogP contribution in [0.2, 0.25) is 0 Å². The molecule has 3 aromatic rings. The van der Waals surface area contributed by atoms with E-state index < -0.39 is 0 Å². The highest BCUT2D eigenvalue weighted by atomic mass is 32.1. The summed E-state index contributed by atoms with van der Waals surface area (Å²) in [6.45, 7) is -0.139. The fraction of sp³-hybridized carbons (Fsp3) is 0.100. The smallest absolute Gasteiger partial charge is 0.261 e. The fourth-order valence-corrected chi connectivity index (χ4v) is 2.71. The van der Waals surface area contributed by atoms with Crippen molar-refractivity contribution in [3.63, 3.8) is 0 Å². The maximum absolute atomic E-state index is 12.3. The molecule has 138 valence electrons. The normalized spacial score (nSPS) is 10.3. The molecule has 0 fully saturated rings. The van der Waals surface area contributed by atoms with Crippen LogP contribution in [0.1, 0.15) is 16.1 Å². The molecule has 0 aliphatic carbocycles. The summed E-state index contributed by atoms with van der Waals surface area (Å²) >= 11 is 5.21. The van der Waals surface area contributed by atoms with Crippen LogP contribution in [0.15, 0.2) is 65.1 Å². The highest BCUT2D eigenvalue weighted by Crippen LogP contribution is 2.24. The molecular formula is C20H18N2O4S. The largest absolute Gasteiger partial charge is 0.496 e. The van der Waals surface area contributed by atoms with Crippen molar-refractivity contribution < 1.29 is 19.1 Å². The molecule has 0 unspecified atom stereocenters. The van der Waals surface area contributed by atoms with Crippen molar-refractivity contribution in [2.24, 2.45) is 0 Å². The lowest BCUT2D eigenvalue weighted by atomic mass is 10.1. The third-order valence-electron chi connectivity index (χ3n) is 3.82. The second kappa shape index (κ2) is 8.48. The highest BCUT2D eigenvalue weighted by Gasteiger charge is 2.13. The van der Waals surface area contributed by atoms with Gasteiger partial charge in [-0.2, -0.15) is 0 Å². The number of hydrogen-bond acceptors (Lipinski definition) is 5. The zero-order valence-electron chi connectivity index (χ0n) is 14.6. The van der Waals surface area contributed by atoms with Gasteiger partial charge in [-0.25, -0.2) is 0 Å². The summed E-state index contributed by atoms with van der Waals surface area (Å²) in [6.07, 6.45) is 0. The number of thiocarbonyl (C=S) groups is 1. The number of furan rings is 1. The maximum Gasteiger partial charge on any atom is 0.261 e. The van der Waals surface area contributed by atoms with Crippen molar-refractivity contribution in [1.82, 2.24) is 5.32 Å². The van der Waals surface area contributed by atoms with Gasteiger partial charge >= 0.3 is 0 Å². The number of aliphatic hydroxyl groups is 1. The van der Waals surface area contributed by atoms with E-state index in [0.29, 0.717) is 22.8 Å². The van der Waals surface area contributed by atoms with Gasteiger partial charge in [-0.15, -0.1) is 0 Å². The number of carbonyl (C=O) groups is 1. The first-order valence-corrected chi connectivity index (χ1v) is 8.57. The van der Waals surface area contributed by atoms with Crippen molar-refractivity contribution >= 4 is 28.9 Å². The fourth-order valence-electron chi connectivity index (χ4n) is 2.50. The lowest BCUT2D eigenvalue weighted by molar-refractivity contribution is 0.0975. The van der Waals surface area contributed by atoms with Gasteiger partial charge in [0.25, 0.3) is 5.91 Å². The first-order valence-electron chi connectivity index (χ1n) is 8.16. The number of nitrogens with one attached hydrogen (secondary N) is 2. The molecule has 6 nitrogen and oxygen atoms in total. The van der Waals surface area contributed by atoms with Crippen molar-refractivity contribution in [1.29, 1.82) is 0 Å². The van der Waals surface area contributed by atoms with E-state index in [1.807, 2.05) is 24.3 Å². The zero-order valence-corrected chi connectivity index (χ0v) is 15.4. The van der Waals surface area contributed by atoms with E-state index in [-0.39, 0.29) is 17.6 Å². The van der Waals surface area contributed by atoms with Gasteiger partial charge in [0, 0.05) is 11.3 Å². The minimum atomic E-state index is -0.353. The summed E-state index contributed by atoms with van der Waals surface area (Å²) in [5, 5.41) is 14.8. The van der Waals surface area contributed by atoms with Gasteiger partial charge in [-0.05, 0) is 60.7 Å². The van der Waals surface area contributed by atoms with Gasteiger partial charge in [0.15, 0.2) is 5.11 Å². The number of ether oxygens (including phenoxy) is 1. The number of benzene rings is 2. The number of rotatable bonds is 5. The summed E-state index contributed by atoms with van der Waals surface area (Å²) in [4.78, 5) is 12.3. The van der Waals surface area contributed by atoms with Crippen LogP contribution in [0.3, 0.4) is 0 Å². The first-order chi connectivity index (χ1) is 13.1. The zero-order chi connectivity index (χ0) is 19.2. The predicted molar refractivity (Wildman–Crippen MR) is 107 cm³/mol. The summed E-state index contributed by atoms with van der Waals surface area (Å²) in [5.41, 5.74) is 1.99. The van der Waals surface area contributed by atoms with Crippen molar-refractivity contribution in [3.05, 3.63) is 72.0 Å². The van der Waals surface area contributed by atoms with E-state index in [1.54, 1.807) is 36.4 Å². The first kappa shape index (κ1) is 18.6. The van der Waals surface area contributed by atoms with Crippen molar-refractivity contribution in [2.75, 3.05) is 12.4 Å². The average Bonchev–Trinajstić information content (AvgIpc) is 3.17. The molecule has 3 rings (SSSR count). The van der Waals surface area contributed by atoms with Crippen LogP contribution in [0.5, 0.6) is 5.75 Å². The second-order valence-electron chi connectivity index (χ2n) is 5.61. The molecule has 1 aromatic heterocycles. The molecule has 1 amide bonds. The lowest BCUT2D eigenvalue weighted by Gasteiger charge is -2.11. The Balaban J connectivity index is 1.63. The lowest BCUT2D eigenvalue weighted by Crippen LogP contribution is -2.34. The van der Waals surface area contributed by atoms with Crippen LogP contribution in [0, 0.1) is 0 Å². The monoisotopic (exact) mass is 382 g/mol. The third-order valence-corrected chi connectivity index (χ3v) is 4.03. The molecule has 0 atom stereocenters. The Hall–Kier alpha value is -3.16. The third kappa shape index (κ3) is 4.52. The van der Waals surface area contributed by atoms with Crippen LogP contribution < -0.4 is 15.4 Å². The number of anilines is 1. The second-order valence-corrected chi connectivity index (χ2v) is 6.02. The van der Waals surface area contributed by atoms with E-state index in [4.69, 9.17) is 26.5 Å². The van der Waals surface area contributed by atoms with Gasteiger partial charge in [-0.3, -0.25) is 10.1 Å². The minimum absolute atomic E-state index is 0.139. The number of carbonyl (C=O) groups excluding carboxylic acids is 1. The Morgan fingerprint density at radius 2 is 1.85 bits per heavy atom. The molecule has 3 N–H and O–H groups in total. The summed E-state index contributed by atoms with van der Waals surface area (Å²) in [7, 11) is 1.51. The topological polar surface area (TPSA) is 83.7 Å². The minimum Gasteiger partial charge on any atom is -0.496 e. The Bertz CT molecular complexity index is 951. The van der Waals surface area contributed by atoms with Gasteiger partial charge in [0.1, 0.15) is 23.9 Å². The maximum atomic E-state index is 12.3. The number of amides is 1. The Morgan fingerprint density at radius 1 is 1.11 bits per heavy atom. The van der Waals surface area contributed by atoms with Crippen LogP contribution >= 0.6 is 12.2 Å². The summed E-state index contributed by atoms with van der Waals surface area (Å²) in [5.74, 6) is 1.29. The van der Waals surface area contributed by atoms with E-state index in [0.717, 1.165) is 11.3 Å². The number of methoxy groups -OCH3 is 1. The Morgan fingerprint density at radius 3 is 2.52 bits per heavy atom. The highest BCUT2D eigenvalue weighted by molar-refractivity contribution is 7.80. The molecule has 27 heavy (non-hydrogen) atoms. The Kier molecular flexibility index (Phi) is 5.85. The molecule has 1 heterocycles. The predicted octanol–water partition coefficient (Wildman–Crippen LogP) is 3.57. The molecule has 0 saturated heterocycles. The number of aliphatic hydroxyl groups excluding tert-OH is 1. The number of para-hydroxylation sites is 1. The van der Waals surface area contributed by atoms with E-state index in [2.05, 4.69) is 10.6 Å². The average molecular weight is 382 g/mol. The van der Waals surface area contributed by atoms with Crippen molar-refractivity contribution in [2.45, 2.75) is 6.61 Å². The molecular weight excluding hydrogens is 364 g/mol. The quantitative estimate of drug-likeness (QED) is 0.585. The van der Waals surface area contributed by atoms with Gasteiger partial charge in [0.05, 0.1) is 12.7 Å². The molecule has 0 radical (unpaired) electrons. The molecule has 7 heteroatoms. The van der Waals surface area contributed by atoms with Crippen molar-refractivity contribution in [3.8, 4) is 17.1 Å². The number of hydrogen-bond donors (Lipinski definition) is 3. The molecule has 0 bridgehead atoms. The molecule has 2 aromatic carbocycles. The van der Waals surface area contributed by atoms with Gasteiger partial charge in [0.2, 0.25) is 0 Å². The molecule has 0 saturated carbocycles. The standard InChI is InChI=1S/C20H18N2O4S/c1-25-18-5-3-2-4-16(18)19(24)22-20(27)21-14-8-6-13(7-9-14)17-11-10-15(12-23)26-17/h2-11,23H,12H2,1H3,(H2,21,22,24,27). The molecule has 0 spiro atoms. The van der Waals surface area contributed by atoms with Gasteiger partial charge < -0.3 is 19.6 Å². The summed E-state index contributed by atoms with van der Waals surface area (Å²) < 4.78 is 10.7. The van der Waals surface area contributed by atoms with Crippen LogP contribution in [0.25, 0.3) is 11.3 Å². The SMILES string of the molecule is COc1ccccc1C(=O)NC(=S)Nc1ccc(-c2ccc(CO)o2)cc1. The molecule has 0 aliphatic heterocycles. The van der Waals surface area contributed by atoms with E-state index in [1.165, 1.54) is 7.11 Å². The van der Waals surface area contributed by atoms with E-state index >= 15 is 0 Å². The van der Waals surface area contributed by atoms with Crippen LogP contribution in [-0.4, -0.2) is 23.2 Å².